The molecule has 0 unspecified atom stereocenters. The summed E-state index contributed by atoms with van der Waals surface area (Å²) in [4.78, 5) is 12.5. The Balaban J connectivity index is 1.66. The first-order valence-electron chi connectivity index (χ1n) is 8.79. The number of amides is 1. The van der Waals surface area contributed by atoms with E-state index < -0.39 is 15.9 Å². The zero-order chi connectivity index (χ0) is 22.4. The largest absolute Gasteiger partial charge is 0.460 e. The summed E-state index contributed by atoms with van der Waals surface area (Å²) in [6.45, 7) is -0.0841. The van der Waals surface area contributed by atoms with Crippen LogP contribution in [0.3, 0.4) is 0 Å². The van der Waals surface area contributed by atoms with Gasteiger partial charge in [-0.15, -0.1) is 0 Å². The third-order valence-corrected chi connectivity index (χ3v) is 6.47. The van der Waals surface area contributed by atoms with Gasteiger partial charge in [-0.2, -0.15) is 5.26 Å². The second-order valence-corrected chi connectivity index (χ2v) is 9.81. The zero-order valence-corrected chi connectivity index (χ0v) is 19.8. The molecule has 0 aliphatic carbocycles. The lowest BCUT2D eigenvalue weighted by Crippen LogP contribution is -2.22. The van der Waals surface area contributed by atoms with Crippen molar-refractivity contribution in [2.75, 3.05) is 5.32 Å². The second kappa shape index (κ2) is 10.1. The number of benzene rings is 2. The van der Waals surface area contributed by atoms with Crippen molar-refractivity contribution in [2.45, 2.75) is 11.4 Å². The summed E-state index contributed by atoms with van der Waals surface area (Å²) in [7, 11) is -3.71. The molecule has 3 rings (SSSR count). The molecule has 3 aromatic rings. The molecule has 2 aromatic carbocycles. The monoisotopic (exact) mass is 563 g/mol. The van der Waals surface area contributed by atoms with Crippen molar-refractivity contribution in [3.63, 3.8) is 0 Å². The van der Waals surface area contributed by atoms with Crippen LogP contribution < -0.4 is 10.0 Å². The van der Waals surface area contributed by atoms with E-state index in [1.165, 1.54) is 18.2 Å². The average Bonchev–Trinajstić information content (AvgIpc) is 3.20. The number of sulfonamides is 1. The van der Waals surface area contributed by atoms with Gasteiger partial charge in [-0.25, -0.2) is 13.1 Å². The summed E-state index contributed by atoms with van der Waals surface area (Å²) < 4.78 is 34.3. The number of halogens is 2. The molecule has 158 valence electrons. The Morgan fingerprint density at radius 2 is 1.61 bits per heavy atom. The highest BCUT2D eigenvalue weighted by molar-refractivity contribution is 9.10. The SMILES string of the molecule is N#C/C(=C/c1ccc(CNS(=O)(=O)c2ccc(Br)cc2)o1)C(=O)Nc1ccc(Br)cc1. The Hall–Kier alpha value is -2.71. The van der Waals surface area contributed by atoms with Crippen LogP contribution in [-0.4, -0.2) is 14.3 Å². The number of hydrogen-bond donors (Lipinski definition) is 2. The fraction of sp³-hybridized carbons (Fsp3) is 0.0476. The van der Waals surface area contributed by atoms with Gasteiger partial charge in [-0.1, -0.05) is 31.9 Å². The molecule has 10 heteroatoms. The molecule has 1 heterocycles. The molecule has 0 spiro atoms. The second-order valence-electron chi connectivity index (χ2n) is 6.21. The molecule has 2 N–H and O–H groups in total. The molecular formula is C21H15Br2N3O4S. The molecule has 0 atom stereocenters. The highest BCUT2D eigenvalue weighted by Gasteiger charge is 2.15. The van der Waals surface area contributed by atoms with Crippen molar-refractivity contribution in [2.24, 2.45) is 0 Å². The lowest BCUT2D eigenvalue weighted by Gasteiger charge is -2.05. The number of nitrogens with one attached hydrogen (secondary N) is 2. The molecule has 0 saturated carbocycles. The van der Waals surface area contributed by atoms with Gasteiger partial charge in [0.05, 0.1) is 11.4 Å². The Bertz CT molecular complexity index is 1260. The predicted molar refractivity (Wildman–Crippen MR) is 123 cm³/mol. The van der Waals surface area contributed by atoms with Crippen molar-refractivity contribution in [1.29, 1.82) is 5.26 Å². The number of carbonyl (C=O) groups is 1. The van der Waals surface area contributed by atoms with Gasteiger partial charge in [0.25, 0.3) is 5.91 Å². The summed E-state index contributed by atoms with van der Waals surface area (Å²) in [6.07, 6.45) is 1.29. The normalized spacial score (nSPS) is 11.7. The van der Waals surface area contributed by atoms with Crippen molar-refractivity contribution in [3.8, 4) is 6.07 Å². The van der Waals surface area contributed by atoms with E-state index in [1.54, 1.807) is 48.5 Å². The van der Waals surface area contributed by atoms with Crippen molar-refractivity contribution in [1.82, 2.24) is 4.72 Å². The van der Waals surface area contributed by atoms with Crippen molar-refractivity contribution < 1.29 is 17.6 Å². The highest BCUT2D eigenvalue weighted by Crippen LogP contribution is 2.18. The summed E-state index contributed by atoms with van der Waals surface area (Å²) in [6, 6.07) is 18.1. The van der Waals surface area contributed by atoms with Gasteiger partial charge in [-0.3, -0.25) is 4.79 Å². The summed E-state index contributed by atoms with van der Waals surface area (Å²) in [5, 5.41) is 11.9. The van der Waals surface area contributed by atoms with Gasteiger partial charge in [0, 0.05) is 20.7 Å². The van der Waals surface area contributed by atoms with E-state index in [0.29, 0.717) is 11.4 Å². The van der Waals surface area contributed by atoms with Crippen LogP contribution in [0.2, 0.25) is 0 Å². The molecule has 7 nitrogen and oxygen atoms in total. The number of carbonyl (C=O) groups excluding carboxylic acids is 1. The number of nitrogens with zero attached hydrogens (tertiary/aromatic N) is 1. The first-order valence-corrected chi connectivity index (χ1v) is 11.9. The van der Waals surface area contributed by atoms with E-state index >= 15 is 0 Å². The summed E-state index contributed by atoms with van der Waals surface area (Å²) in [5.74, 6) is -0.00314. The lowest BCUT2D eigenvalue weighted by atomic mass is 10.2. The minimum atomic E-state index is -3.71. The minimum absolute atomic E-state index is 0.0841. The maximum Gasteiger partial charge on any atom is 0.266 e. The fourth-order valence-electron chi connectivity index (χ4n) is 2.45. The summed E-state index contributed by atoms with van der Waals surface area (Å²) in [5.41, 5.74) is 0.385. The number of anilines is 1. The van der Waals surface area contributed by atoms with Crippen LogP contribution in [0.1, 0.15) is 11.5 Å². The molecule has 31 heavy (non-hydrogen) atoms. The number of rotatable bonds is 7. The topological polar surface area (TPSA) is 112 Å². The molecular weight excluding hydrogens is 550 g/mol. The van der Waals surface area contributed by atoms with Crippen LogP contribution in [0, 0.1) is 11.3 Å². The zero-order valence-electron chi connectivity index (χ0n) is 15.8. The number of nitriles is 1. The van der Waals surface area contributed by atoms with Crippen LogP contribution in [0.5, 0.6) is 0 Å². The lowest BCUT2D eigenvalue weighted by molar-refractivity contribution is -0.112. The van der Waals surface area contributed by atoms with Gasteiger partial charge in [0.15, 0.2) is 0 Å². The standard InChI is InChI=1S/C21H15Br2N3O4S/c22-15-1-5-17(6-2-15)26-21(27)14(12-24)11-18-7-8-19(30-18)13-25-31(28,29)20-9-3-16(23)4-10-20/h1-11,25H,13H2,(H,26,27)/b14-11-. The van der Waals surface area contributed by atoms with E-state index in [0.717, 1.165) is 8.95 Å². The third-order valence-electron chi connectivity index (χ3n) is 4.00. The third kappa shape index (κ3) is 6.38. The van der Waals surface area contributed by atoms with Crippen LogP contribution in [0.4, 0.5) is 5.69 Å². The molecule has 0 saturated heterocycles. The number of hydrogen-bond acceptors (Lipinski definition) is 5. The quantitative estimate of drug-likeness (QED) is 0.315. The molecule has 0 aliphatic rings. The fourth-order valence-corrected chi connectivity index (χ4v) is 3.97. The molecule has 0 aliphatic heterocycles. The first-order chi connectivity index (χ1) is 14.8. The summed E-state index contributed by atoms with van der Waals surface area (Å²) >= 11 is 6.57. The Morgan fingerprint density at radius 1 is 1.00 bits per heavy atom. The van der Waals surface area contributed by atoms with Crippen LogP contribution >= 0.6 is 31.9 Å². The van der Waals surface area contributed by atoms with Crippen molar-refractivity contribution >= 4 is 59.6 Å². The Kier molecular flexibility index (Phi) is 7.46. The maximum absolute atomic E-state index is 12.4. The first kappa shape index (κ1) is 23.0. The van der Waals surface area contributed by atoms with Crippen LogP contribution in [0.15, 0.2) is 84.5 Å². The van der Waals surface area contributed by atoms with Gasteiger partial charge in [0.2, 0.25) is 10.0 Å². The molecule has 1 aromatic heterocycles. The van der Waals surface area contributed by atoms with Crippen LogP contribution in [0.25, 0.3) is 6.08 Å². The maximum atomic E-state index is 12.4. The smallest absolute Gasteiger partial charge is 0.266 e. The van der Waals surface area contributed by atoms with E-state index in [1.807, 2.05) is 6.07 Å². The highest BCUT2D eigenvalue weighted by atomic mass is 79.9. The van der Waals surface area contributed by atoms with E-state index in [-0.39, 0.29) is 22.8 Å². The van der Waals surface area contributed by atoms with E-state index in [2.05, 4.69) is 41.9 Å². The van der Waals surface area contributed by atoms with Gasteiger partial charge in [-0.05, 0) is 60.7 Å². The minimum Gasteiger partial charge on any atom is -0.460 e. The van der Waals surface area contributed by atoms with Gasteiger partial charge in [0.1, 0.15) is 23.2 Å². The average molecular weight is 565 g/mol. The molecule has 0 radical (unpaired) electrons. The molecule has 0 fully saturated rings. The Morgan fingerprint density at radius 3 is 2.23 bits per heavy atom. The Labute approximate surface area is 196 Å². The predicted octanol–water partition coefficient (Wildman–Crippen LogP) is 4.83. The van der Waals surface area contributed by atoms with E-state index in [9.17, 15) is 18.5 Å². The van der Waals surface area contributed by atoms with Gasteiger partial charge >= 0.3 is 0 Å². The van der Waals surface area contributed by atoms with Gasteiger partial charge < -0.3 is 9.73 Å². The molecule has 0 bridgehead atoms. The van der Waals surface area contributed by atoms with E-state index in [4.69, 9.17) is 4.42 Å². The van der Waals surface area contributed by atoms with Crippen molar-refractivity contribution in [3.05, 3.63) is 86.7 Å². The number of furan rings is 1. The molecule has 1 amide bonds. The van der Waals surface area contributed by atoms with Crippen LogP contribution in [-0.2, 0) is 21.4 Å².